The van der Waals surface area contributed by atoms with Gasteiger partial charge in [-0.3, -0.25) is 14.5 Å². The molecule has 1 saturated heterocycles. The standard InChI is InChI=1S/C29H38N2O6/c1-4-6-14-30(15-7-5-2)26(32)18-31-17-23(21-10-13-24-25(16-21)37-19-36-24)27(29(33)34)28(31)20-8-11-22(35-3)12-9-20/h8-13,16,23,27-28H,4-7,14-15,17-19H2,1-3H3,(H,33,34)/t23-,27?,28+/m1/s1/i1D,3D3,15D,17D2,19D2,23D,28D/t15?,23-,27?,28+. The molecule has 2 aliphatic heterocycles. The van der Waals surface area contributed by atoms with Crippen molar-refractivity contribution in [1.29, 1.82) is 0 Å². The van der Waals surface area contributed by atoms with Crippen LogP contribution in [0.2, 0.25) is 0 Å². The van der Waals surface area contributed by atoms with Crippen LogP contribution in [0.5, 0.6) is 17.2 Å². The van der Waals surface area contributed by atoms with E-state index in [1.165, 1.54) is 29.2 Å². The molecule has 0 radical (unpaired) electrons. The fourth-order valence-electron chi connectivity index (χ4n) is 4.24. The van der Waals surface area contributed by atoms with E-state index in [4.69, 9.17) is 23.8 Å². The molecule has 0 bridgehead atoms. The number of aliphatic carboxylic acids is 1. The van der Waals surface area contributed by atoms with E-state index in [0.717, 1.165) is 18.2 Å². The maximum Gasteiger partial charge on any atom is 0.309 e. The number of likely N-dealkylation sites (tertiary alicyclic amines) is 1. The Bertz CT molecular complexity index is 1500. The highest BCUT2D eigenvalue weighted by molar-refractivity contribution is 5.79. The molecular weight excluding hydrogens is 472 g/mol. The number of carboxylic acids is 1. The maximum absolute atomic E-state index is 14.0. The summed E-state index contributed by atoms with van der Waals surface area (Å²) in [6.07, 6.45) is 1.64. The number of ether oxygens (including phenoxy) is 3. The summed E-state index contributed by atoms with van der Waals surface area (Å²) < 4.78 is 107. The van der Waals surface area contributed by atoms with Crippen molar-refractivity contribution in [3.05, 3.63) is 53.6 Å². The second-order valence-electron chi connectivity index (χ2n) is 8.61. The van der Waals surface area contributed by atoms with Gasteiger partial charge in [0.05, 0.1) is 25.0 Å². The first-order valence-electron chi connectivity index (χ1n) is 17.8. The number of carboxylic acid groups (broad SMARTS) is 1. The van der Waals surface area contributed by atoms with Gasteiger partial charge in [-0.25, -0.2) is 0 Å². The molecular formula is C29H38N2O6. The van der Waals surface area contributed by atoms with Gasteiger partial charge in [-0.2, -0.15) is 0 Å². The van der Waals surface area contributed by atoms with Gasteiger partial charge in [0.25, 0.3) is 0 Å². The Labute approximate surface area is 234 Å². The number of unbranched alkanes of at least 4 members (excludes halogenated alkanes) is 1. The van der Waals surface area contributed by atoms with Crippen molar-refractivity contribution < 1.29 is 44.0 Å². The maximum atomic E-state index is 14.0. The number of hydrogen-bond acceptors (Lipinski definition) is 6. The molecule has 0 aromatic heterocycles. The number of nitrogens with zero attached hydrogens (tertiary/aromatic N) is 2. The topological polar surface area (TPSA) is 88.5 Å². The molecule has 2 aliphatic rings. The van der Waals surface area contributed by atoms with Gasteiger partial charge < -0.3 is 24.2 Å². The lowest BCUT2D eigenvalue weighted by Gasteiger charge is -2.30. The largest absolute Gasteiger partial charge is 0.497 e. The zero-order valence-electron chi connectivity index (χ0n) is 31.5. The Morgan fingerprint density at radius 3 is 2.70 bits per heavy atom. The van der Waals surface area contributed by atoms with Crippen molar-refractivity contribution in [2.45, 2.75) is 51.4 Å². The summed E-state index contributed by atoms with van der Waals surface area (Å²) >= 11 is 0. The molecule has 2 heterocycles. The molecule has 0 saturated carbocycles. The van der Waals surface area contributed by atoms with Crippen molar-refractivity contribution in [3.63, 3.8) is 0 Å². The van der Waals surface area contributed by atoms with Crippen LogP contribution in [-0.2, 0) is 9.59 Å². The number of carbonyl (C=O) groups is 2. The molecule has 8 nitrogen and oxygen atoms in total. The van der Waals surface area contributed by atoms with Crippen molar-refractivity contribution in [3.8, 4) is 17.2 Å². The van der Waals surface area contributed by atoms with Crippen molar-refractivity contribution >= 4 is 11.9 Å². The fourth-order valence-corrected chi connectivity index (χ4v) is 4.24. The number of fused-ring (bicyclic) bond motifs is 1. The molecule has 200 valence electrons. The van der Waals surface area contributed by atoms with E-state index in [2.05, 4.69) is 0 Å². The summed E-state index contributed by atoms with van der Waals surface area (Å²) in [5.74, 6) is -8.10. The average Bonchev–Trinajstić information content (AvgIpc) is 3.36. The lowest BCUT2D eigenvalue weighted by atomic mass is 9.82. The Balaban J connectivity index is 1.90. The summed E-state index contributed by atoms with van der Waals surface area (Å²) in [7, 11) is -2.83. The van der Waals surface area contributed by atoms with Gasteiger partial charge in [0.1, 0.15) is 8.49 Å². The lowest BCUT2D eigenvalue weighted by molar-refractivity contribution is -0.144. The molecule has 2 aromatic carbocycles. The van der Waals surface area contributed by atoms with Crippen LogP contribution < -0.4 is 14.2 Å². The van der Waals surface area contributed by atoms with Crippen molar-refractivity contribution in [2.75, 3.05) is 39.9 Å². The van der Waals surface area contributed by atoms with Gasteiger partial charge in [0, 0.05) is 38.3 Å². The third-order valence-electron chi connectivity index (χ3n) is 6.08. The van der Waals surface area contributed by atoms with Gasteiger partial charge in [0.15, 0.2) is 11.5 Å². The molecule has 2 aromatic rings. The highest BCUT2D eigenvalue weighted by Gasteiger charge is 2.48. The van der Waals surface area contributed by atoms with Gasteiger partial charge in [0.2, 0.25) is 12.7 Å². The molecule has 1 N–H and O–H groups in total. The van der Waals surface area contributed by atoms with Gasteiger partial charge in [-0.15, -0.1) is 0 Å². The molecule has 1 fully saturated rings. The van der Waals surface area contributed by atoms with Gasteiger partial charge in [-0.05, 0) is 48.2 Å². The van der Waals surface area contributed by atoms with E-state index >= 15 is 0 Å². The molecule has 0 aliphatic carbocycles. The SMILES string of the molecule is [2H]CCCCN(C(=O)CN1C([2H])([2H])[C@]([2H])(c2ccc3c(c2)OC([2H])([2H])O3)C(C(=O)O)[C@]1([2H])c1ccc(OC([2H])([2H])[2H])cc1)C([2H])CCC. The summed E-state index contributed by atoms with van der Waals surface area (Å²) in [4.78, 5) is 29.0. The Morgan fingerprint density at radius 2 is 1.97 bits per heavy atom. The van der Waals surface area contributed by atoms with E-state index in [-0.39, 0.29) is 48.2 Å². The van der Waals surface area contributed by atoms with Crippen LogP contribution in [0.4, 0.5) is 0 Å². The monoisotopic (exact) mass is 521 g/mol. The van der Waals surface area contributed by atoms with E-state index in [0.29, 0.717) is 24.2 Å². The molecule has 1 amide bonds. The summed E-state index contributed by atoms with van der Waals surface area (Å²) in [5, 5.41) is 10.7. The van der Waals surface area contributed by atoms with Crippen molar-refractivity contribution in [2.24, 2.45) is 5.92 Å². The Hall–Kier alpha value is -3.26. The number of carbonyl (C=O) groups excluding carboxylic acids is 1. The third kappa shape index (κ3) is 6.01. The molecule has 8 heteroatoms. The first-order valence-corrected chi connectivity index (χ1v) is 12.1. The molecule has 4 atom stereocenters. The predicted octanol–water partition coefficient (Wildman–Crippen LogP) is 4.69. The summed E-state index contributed by atoms with van der Waals surface area (Å²) in [6, 6.07) is 5.43. The van der Waals surface area contributed by atoms with E-state index in [1.54, 1.807) is 0 Å². The molecule has 0 spiro atoms. The van der Waals surface area contributed by atoms with E-state index in [9.17, 15) is 20.2 Å². The van der Waals surface area contributed by atoms with E-state index < -0.39 is 63.1 Å². The predicted molar refractivity (Wildman–Crippen MR) is 140 cm³/mol. The molecule has 2 unspecified atom stereocenters. The van der Waals surface area contributed by atoms with Crippen LogP contribution in [0.25, 0.3) is 0 Å². The van der Waals surface area contributed by atoms with Crippen LogP contribution in [0.15, 0.2) is 42.5 Å². The van der Waals surface area contributed by atoms with Crippen molar-refractivity contribution in [1.82, 2.24) is 9.80 Å². The smallest absolute Gasteiger partial charge is 0.309 e. The number of amides is 1. The number of hydrogen-bond donors (Lipinski definition) is 1. The minimum absolute atomic E-state index is 0.0629. The Kier molecular flexibility index (Phi) is 5.28. The van der Waals surface area contributed by atoms with Crippen LogP contribution >= 0.6 is 0 Å². The first kappa shape index (κ1) is 15.9. The van der Waals surface area contributed by atoms with Crippen LogP contribution in [0.3, 0.4) is 0 Å². The second-order valence-corrected chi connectivity index (χ2v) is 8.61. The summed E-state index contributed by atoms with van der Waals surface area (Å²) in [5.41, 5.74) is -0.488. The fraction of sp³-hybridized carbons (Fsp3) is 0.517. The molecule has 37 heavy (non-hydrogen) atoms. The third-order valence-corrected chi connectivity index (χ3v) is 6.08. The number of rotatable bonds is 12. The normalized spacial score (nSPS) is 32.9. The van der Waals surface area contributed by atoms with Gasteiger partial charge in [-0.1, -0.05) is 44.9 Å². The molecule has 4 rings (SSSR count). The lowest BCUT2D eigenvalue weighted by Crippen LogP contribution is -2.42. The average molecular weight is 522 g/mol. The first-order chi connectivity index (χ1) is 22.2. The quantitative estimate of drug-likeness (QED) is 0.405. The number of benzene rings is 2. The highest BCUT2D eigenvalue weighted by Crippen LogP contribution is 2.47. The highest BCUT2D eigenvalue weighted by atomic mass is 16.7. The van der Waals surface area contributed by atoms with Gasteiger partial charge >= 0.3 is 5.97 Å². The minimum Gasteiger partial charge on any atom is -0.497 e. The number of methoxy groups -OCH3 is 1. The summed E-state index contributed by atoms with van der Waals surface area (Å²) in [6.45, 7) is -5.66. The Morgan fingerprint density at radius 1 is 1.19 bits per heavy atom. The van der Waals surface area contributed by atoms with Crippen LogP contribution in [0.1, 0.15) is 77.6 Å². The van der Waals surface area contributed by atoms with E-state index in [1.807, 2.05) is 6.92 Å². The zero-order chi connectivity index (χ0) is 35.9. The zero-order valence-corrected chi connectivity index (χ0v) is 20.5. The minimum atomic E-state index is -3.09. The van der Waals surface area contributed by atoms with Crippen LogP contribution in [-0.4, -0.2) is 66.7 Å². The second kappa shape index (κ2) is 12.3. The van der Waals surface area contributed by atoms with Crippen LogP contribution in [0, 0.1) is 5.92 Å².